The Morgan fingerprint density at radius 1 is 1.38 bits per heavy atom. The third kappa shape index (κ3) is 2.78. The number of esters is 1. The summed E-state index contributed by atoms with van der Waals surface area (Å²) in [5, 5.41) is 7.69. The first kappa shape index (κ1) is 16.8. The number of hydrogen-bond donors (Lipinski definition) is 0. The van der Waals surface area contributed by atoms with Crippen LogP contribution in [0, 0.1) is 18.8 Å². The number of carbonyl (C=O) groups excluding carboxylic acids is 1. The van der Waals surface area contributed by atoms with Gasteiger partial charge >= 0.3 is 5.97 Å². The first-order chi connectivity index (χ1) is 12.4. The van der Waals surface area contributed by atoms with Crippen LogP contribution < -0.4 is 4.90 Å². The molecule has 1 saturated heterocycles. The Balaban J connectivity index is 1.43. The van der Waals surface area contributed by atoms with Crippen LogP contribution in [-0.2, 0) is 11.3 Å². The van der Waals surface area contributed by atoms with E-state index in [-0.39, 0.29) is 12.3 Å². The number of nitrogens with zero attached hydrogens (tertiary/aromatic N) is 6. The molecule has 2 fully saturated rings. The number of anilines is 1. The lowest BCUT2D eigenvalue weighted by Crippen LogP contribution is -2.29. The van der Waals surface area contributed by atoms with E-state index in [2.05, 4.69) is 20.3 Å². The summed E-state index contributed by atoms with van der Waals surface area (Å²) in [7, 11) is 0. The van der Waals surface area contributed by atoms with Gasteiger partial charge in [0.05, 0.1) is 31.2 Å². The molecule has 2 aromatic heterocycles. The van der Waals surface area contributed by atoms with Crippen molar-refractivity contribution in [2.75, 3.05) is 24.6 Å². The van der Waals surface area contributed by atoms with Crippen LogP contribution in [0.2, 0.25) is 0 Å². The van der Waals surface area contributed by atoms with Crippen LogP contribution in [0.4, 0.5) is 14.7 Å². The van der Waals surface area contributed by atoms with Crippen LogP contribution in [0.25, 0.3) is 0 Å². The predicted octanol–water partition coefficient (Wildman–Crippen LogP) is 1.30. The molecule has 2 atom stereocenters. The van der Waals surface area contributed by atoms with Crippen molar-refractivity contribution < 1.29 is 18.3 Å². The first-order valence-corrected chi connectivity index (χ1v) is 8.42. The molecule has 0 radical (unpaired) electrons. The summed E-state index contributed by atoms with van der Waals surface area (Å²) in [5.74, 6) is -3.70. The van der Waals surface area contributed by atoms with E-state index < -0.39 is 23.7 Å². The van der Waals surface area contributed by atoms with Crippen LogP contribution in [0.5, 0.6) is 0 Å². The summed E-state index contributed by atoms with van der Waals surface area (Å²) in [6.45, 7) is 4.75. The van der Waals surface area contributed by atoms with E-state index in [9.17, 15) is 13.6 Å². The average Bonchev–Trinajstić information content (AvgIpc) is 3.05. The fourth-order valence-corrected chi connectivity index (χ4v) is 3.31. The molecule has 1 aliphatic heterocycles. The maximum atomic E-state index is 13.3. The molecule has 0 aromatic carbocycles. The summed E-state index contributed by atoms with van der Waals surface area (Å²) in [6.07, 6.45) is 3.16. The van der Waals surface area contributed by atoms with E-state index in [0.29, 0.717) is 25.6 Å². The van der Waals surface area contributed by atoms with Crippen molar-refractivity contribution in [2.24, 2.45) is 11.8 Å². The molecule has 1 saturated carbocycles. The lowest BCUT2D eigenvalue weighted by molar-refractivity contribution is 0.0519. The molecule has 1 aliphatic carbocycles. The fourth-order valence-electron chi connectivity index (χ4n) is 3.31. The molecule has 8 nitrogen and oxygen atoms in total. The van der Waals surface area contributed by atoms with Gasteiger partial charge in [0.25, 0.3) is 5.92 Å². The highest BCUT2D eigenvalue weighted by atomic mass is 19.3. The van der Waals surface area contributed by atoms with Gasteiger partial charge < -0.3 is 9.64 Å². The van der Waals surface area contributed by atoms with Gasteiger partial charge in [-0.1, -0.05) is 5.21 Å². The summed E-state index contributed by atoms with van der Waals surface area (Å²) in [5.41, 5.74) is 1.68. The Hall–Kier alpha value is -2.65. The number of ether oxygens (including phenoxy) is 1. The van der Waals surface area contributed by atoms with E-state index in [1.165, 1.54) is 10.9 Å². The number of fused-ring (bicyclic) bond motifs is 1. The summed E-state index contributed by atoms with van der Waals surface area (Å²) in [6, 6.07) is 0. The molecular weight excluding hydrogens is 346 g/mol. The molecule has 10 heteroatoms. The van der Waals surface area contributed by atoms with Gasteiger partial charge in [-0.15, -0.1) is 5.10 Å². The highest BCUT2D eigenvalue weighted by molar-refractivity contribution is 5.86. The second-order valence-electron chi connectivity index (χ2n) is 6.59. The standard InChI is InChI=1S/C16H18F2N6O2/c1-3-26-14(25)13-8-24(22-21-13)5-10-4-19-15(20-9(10)2)23-6-11-12(7-23)16(11,17)18/h4,8,11-12H,3,5-7H2,1-2H3. The summed E-state index contributed by atoms with van der Waals surface area (Å²) >= 11 is 0. The van der Waals surface area contributed by atoms with Gasteiger partial charge in [0, 0.05) is 30.5 Å². The molecule has 0 N–H and O–H groups in total. The van der Waals surface area contributed by atoms with E-state index in [1.54, 1.807) is 18.0 Å². The molecule has 2 unspecified atom stereocenters. The van der Waals surface area contributed by atoms with Crippen molar-refractivity contribution in [2.45, 2.75) is 26.3 Å². The number of aromatic nitrogens is 5. The highest BCUT2D eigenvalue weighted by Crippen LogP contribution is 2.59. The van der Waals surface area contributed by atoms with Gasteiger partial charge in [0.15, 0.2) is 5.69 Å². The zero-order chi connectivity index (χ0) is 18.5. The van der Waals surface area contributed by atoms with Crippen molar-refractivity contribution in [3.8, 4) is 0 Å². The van der Waals surface area contributed by atoms with Crippen LogP contribution >= 0.6 is 0 Å². The zero-order valence-electron chi connectivity index (χ0n) is 14.4. The molecule has 2 aliphatic rings. The van der Waals surface area contributed by atoms with Gasteiger partial charge in [-0.25, -0.2) is 28.2 Å². The van der Waals surface area contributed by atoms with Gasteiger partial charge in [0.1, 0.15) is 0 Å². The van der Waals surface area contributed by atoms with E-state index >= 15 is 0 Å². The molecule has 2 aromatic rings. The number of alkyl halides is 2. The Bertz CT molecular complexity index is 841. The molecule has 4 rings (SSSR count). The van der Waals surface area contributed by atoms with E-state index in [1.807, 2.05) is 6.92 Å². The Labute approximate surface area is 148 Å². The second-order valence-corrected chi connectivity index (χ2v) is 6.59. The minimum atomic E-state index is -2.52. The third-order valence-corrected chi connectivity index (χ3v) is 4.91. The lowest BCUT2D eigenvalue weighted by Gasteiger charge is -2.20. The SMILES string of the molecule is CCOC(=O)c1cn(Cc2cnc(N3CC4C(C3)C4(F)F)nc2C)nn1. The van der Waals surface area contributed by atoms with Crippen molar-refractivity contribution in [1.82, 2.24) is 25.0 Å². The molecule has 138 valence electrons. The number of halogens is 2. The quantitative estimate of drug-likeness (QED) is 0.739. The minimum Gasteiger partial charge on any atom is -0.461 e. The number of rotatable bonds is 5. The van der Waals surface area contributed by atoms with Gasteiger partial charge in [0.2, 0.25) is 5.95 Å². The Morgan fingerprint density at radius 3 is 2.77 bits per heavy atom. The lowest BCUT2D eigenvalue weighted by atomic mass is 10.2. The molecule has 0 spiro atoms. The number of piperidine rings is 1. The van der Waals surface area contributed by atoms with Gasteiger partial charge in [-0.2, -0.15) is 0 Å². The third-order valence-electron chi connectivity index (χ3n) is 4.91. The van der Waals surface area contributed by atoms with Crippen molar-refractivity contribution in [3.63, 3.8) is 0 Å². The molecule has 3 heterocycles. The van der Waals surface area contributed by atoms with Gasteiger partial charge in [-0.3, -0.25) is 0 Å². The maximum absolute atomic E-state index is 13.3. The average molecular weight is 364 g/mol. The smallest absolute Gasteiger partial charge is 0.360 e. The van der Waals surface area contributed by atoms with Crippen molar-refractivity contribution in [1.29, 1.82) is 0 Å². The van der Waals surface area contributed by atoms with Crippen LogP contribution in [0.3, 0.4) is 0 Å². The van der Waals surface area contributed by atoms with Gasteiger partial charge in [-0.05, 0) is 13.8 Å². The maximum Gasteiger partial charge on any atom is 0.360 e. The Morgan fingerprint density at radius 2 is 2.12 bits per heavy atom. The fraction of sp³-hybridized carbons (Fsp3) is 0.562. The normalized spacial score (nSPS) is 23.0. The van der Waals surface area contributed by atoms with E-state index in [4.69, 9.17) is 4.74 Å². The summed E-state index contributed by atoms with van der Waals surface area (Å²) < 4.78 is 33.0. The topological polar surface area (TPSA) is 86.0 Å². The van der Waals surface area contributed by atoms with E-state index in [0.717, 1.165) is 11.3 Å². The highest BCUT2D eigenvalue weighted by Gasteiger charge is 2.71. The van der Waals surface area contributed by atoms with Crippen LogP contribution in [-0.4, -0.2) is 56.6 Å². The largest absolute Gasteiger partial charge is 0.461 e. The molecule has 0 amide bonds. The molecule has 0 bridgehead atoms. The number of aryl methyl sites for hydroxylation is 1. The molecular formula is C16H18F2N6O2. The number of hydrogen-bond acceptors (Lipinski definition) is 7. The van der Waals surface area contributed by atoms with Crippen LogP contribution in [0.1, 0.15) is 28.7 Å². The predicted molar refractivity (Wildman–Crippen MR) is 86.0 cm³/mol. The van der Waals surface area contributed by atoms with Crippen molar-refractivity contribution in [3.05, 3.63) is 29.3 Å². The summed E-state index contributed by atoms with van der Waals surface area (Å²) in [4.78, 5) is 22.2. The first-order valence-electron chi connectivity index (χ1n) is 8.42. The number of carbonyl (C=O) groups is 1. The zero-order valence-corrected chi connectivity index (χ0v) is 14.4. The molecule has 26 heavy (non-hydrogen) atoms. The minimum absolute atomic E-state index is 0.138. The Kier molecular flexibility index (Phi) is 3.85. The van der Waals surface area contributed by atoms with Crippen molar-refractivity contribution >= 4 is 11.9 Å². The monoisotopic (exact) mass is 364 g/mol. The second kappa shape index (κ2) is 5.96. The van der Waals surface area contributed by atoms with Crippen LogP contribution in [0.15, 0.2) is 12.4 Å².